The van der Waals surface area contributed by atoms with E-state index in [1.807, 2.05) is 0 Å². The van der Waals surface area contributed by atoms with Gasteiger partial charge in [0.25, 0.3) is 0 Å². The number of hydrogen-bond acceptors (Lipinski definition) is 2. The normalized spacial score (nSPS) is 10.8. The fraction of sp³-hybridized carbons (Fsp3) is 0.571. The molecule has 1 rings (SSSR count). The molecular weight excluding hydrogens is 196 g/mol. The van der Waals surface area contributed by atoms with Gasteiger partial charge in [-0.1, -0.05) is 26.0 Å². The molecule has 0 bridgehead atoms. The fourth-order valence-corrected chi connectivity index (χ4v) is 2.28. The van der Waals surface area contributed by atoms with Crippen LogP contribution >= 0.6 is 0 Å². The fourth-order valence-electron chi connectivity index (χ4n) is 2.28. The number of hydrogen-bond donors (Lipinski definition) is 2. The maximum Gasteiger partial charge on any atom is -0.00365 e. The molecular formula is C14H24N2. The Morgan fingerprint density at radius 2 is 1.38 bits per heavy atom. The van der Waals surface area contributed by atoms with Gasteiger partial charge >= 0.3 is 0 Å². The van der Waals surface area contributed by atoms with E-state index in [1.165, 1.54) is 22.3 Å². The molecule has 0 saturated carbocycles. The summed E-state index contributed by atoms with van der Waals surface area (Å²) >= 11 is 0. The maximum atomic E-state index is 5.68. The summed E-state index contributed by atoms with van der Waals surface area (Å²) in [6.07, 6.45) is 4.14. The van der Waals surface area contributed by atoms with E-state index in [-0.39, 0.29) is 0 Å². The van der Waals surface area contributed by atoms with Crippen molar-refractivity contribution >= 4 is 0 Å². The monoisotopic (exact) mass is 220 g/mol. The summed E-state index contributed by atoms with van der Waals surface area (Å²) in [5.74, 6) is 0. The topological polar surface area (TPSA) is 52.0 Å². The van der Waals surface area contributed by atoms with Crippen LogP contribution < -0.4 is 11.5 Å². The zero-order valence-corrected chi connectivity index (χ0v) is 10.6. The summed E-state index contributed by atoms with van der Waals surface area (Å²) in [5.41, 5.74) is 17.0. The largest absolute Gasteiger partial charge is 0.330 e. The van der Waals surface area contributed by atoms with Crippen LogP contribution in [0.5, 0.6) is 0 Å². The summed E-state index contributed by atoms with van der Waals surface area (Å²) in [5, 5.41) is 0. The first-order valence-electron chi connectivity index (χ1n) is 6.30. The molecule has 2 heteroatoms. The molecule has 0 unspecified atom stereocenters. The van der Waals surface area contributed by atoms with Gasteiger partial charge in [-0.25, -0.2) is 0 Å². The van der Waals surface area contributed by atoms with Gasteiger partial charge in [0, 0.05) is 0 Å². The molecule has 0 aliphatic heterocycles. The molecule has 0 aromatic heterocycles. The highest BCUT2D eigenvalue weighted by atomic mass is 14.5. The summed E-state index contributed by atoms with van der Waals surface area (Å²) in [7, 11) is 0. The van der Waals surface area contributed by atoms with Gasteiger partial charge in [0.1, 0.15) is 0 Å². The Morgan fingerprint density at radius 3 is 1.75 bits per heavy atom. The quantitative estimate of drug-likeness (QED) is 0.768. The van der Waals surface area contributed by atoms with E-state index >= 15 is 0 Å². The molecule has 0 radical (unpaired) electrons. The smallest absolute Gasteiger partial charge is 0.00365 e. The van der Waals surface area contributed by atoms with E-state index in [4.69, 9.17) is 11.5 Å². The Hall–Kier alpha value is -0.860. The molecule has 1 aromatic rings. The zero-order chi connectivity index (χ0) is 12.0. The van der Waals surface area contributed by atoms with E-state index < -0.39 is 0 Å². The lowest BCUT2D eigenvalue weighted by Gasteiger charge is -2.15. The first kappa shape index (κ1) is 13.2. The summed E-state index contributed by atoms with van der Waals surface area (Å²) in [6.45, 7) is 5.88. The Morgan fingerprint density at radius 1 is 0.875 bits per heavy atom. The molecule has 0 aliphatic carbocycles. The molecule has 16 heavy (non-hydrogen) atoms. The predicted octanol–water partition coefficient (Wildman–Crippen LogP) is 1.81. The van der Waals surface area contributed by atoms with Crippen LogP contribution in [0.4, 0.5) is 0 Å². The number of aryl methyl sites for hydroxylation is 2. The van der Waals surface area contributed by atoms with Crippen LogP contribution in [-0.2, 0) is 25.7 Å². The lowest BCUT2D eigenvalue weighted by Crippen LogP contribution is -2.10. The molecule has 0 fully saturated rings. The van der Waals surface area contributed by atoms with Crippen LogP contribution in [0, 0.1) is 0 Å². The molecule has 0 saturated heterocycles. The molecule has 1 aromatic carbocycles. The van der Waals surface area contributed by atoms with Crippen molar-refractivity contribution < 1.29 is 0 Å². The van der Waals surface area contributed by atoms with Crippen molar-refractivity contribution in [3.05, 3.63) is 34.4 Å². The summed E-state index contributed by atoms with van der Waals surface area (Å²) in [6, 6.07) is 4.61. The summed E-state index contributed by atoms with van der Waals surface area (Å²) in [4.78, 5) is 0. The minimum Gasteiger partial charge on any atom is -0.330 e. The van der Waals surface area contributed by atoms with E-state index in [9.17, 15) is 0 Å². The molecule has 0 amide bonds. The van der Waals surface area contributed by atoms with Gasteiger partial charge in [0.05, 0.1) is 0 Å². The molecule has 2 nitrogen and oxygen atoms in total. The second-order valence-electron chi connectivity index (χ2n) is 4.18. The van der Waals surface area contributed by atoms with Crippen molar-refractivity contribution in [1.82, 2.24) is 0 Å². The zero-order valence-electron chi connectivity index (χ0n) is 10.6. The third-order valence-corrected chi connectivity index (χ3v) is 3.08. The average Bonchev–Trinajstić information content (AvgIpc) is 2.31. The van der Waals surface area contributed by atoms with Crippen molar-refractivity contribution in [3.63, 3.8) is 0 Å². The molecule has 0 atom stereocenters. The van der Waals surface area contributed by atoms with Gasteiger partial charge in [-0.3, -0.25) is 0 Å². The van der Waals surface area contributed by atoms with Gasteiger partial charge < -0.3 is 11.5 Å². The SMILES string of the molecule is CCc1cc(CCN)cc(CC)c1CCN. The second kappa shape index (κ2) is 6.66. The molecule has 4 N–H and O–H groups in total. The van der Waals surface area contributed by atoms with Gasteiger partial charge in [-0.15, -0.1) is 0 Å². The third kappa shape index (κ3) is 3.06. The minimum atomic E-state index is 0.725. The average molecular weight is 220 g/mol. The van der Waals surface area contributed by atoms with Crippen molar-refractivity contribution in [2.45, 2.75) is 39.5 Å². The van der Waals surface area contributed by atoms with Crippen LogP contribution in [0.1, 0.15) is 36.1 Å². The summed E-state index contributed by atoms with van der Waals surface area (Å²) < 4.78 is 0. The lowest BCUT2D eigenvalue weighted by molar-refractivity contribution is 0.893. The van der Waals surface area contributed by atoms with Gasteiger partial charge in [0.15, 0.2) is 0 Å². The molecule has 0 heterocycles. The van der Waals surface area contributed by atoms with E-state index in [1.54, 1.807) is 0 Å². The van der Waals surface area contributed by atoms with Crippen molar-refractivity contribution in [2.75, 3.05) is 13.1 Å². The predicted molar refractivity (Wildman–Crippen MR) is 70.7 cm³/mol. The number of nitrogens with two attached hydrogens (primary N) is 2. The van der Waals surface area contributed by atoms with E-state index in [0.29, 0.717) is 0 Å². The Kier molecular flexibility index (Phi) is 5.50. The standard InChI is InChI=1S/C14H24N2/c1-3-12-9-11(5-7-15)10-13(4-2)14(12)6-8-16/h9-10H,3-8,15-16H2,1-2H3. The first-order chi connectivity index (χ1) is 7.76. The van der Waals surface area contributed by atoms with Crippen LogP contribution in [-0.4, -0.2) is 13.1 Å². The third-order valence-electron chi connectivity index (χ3n) is 3.08. The second-order valence-corrected chi connectivity index (χ2v) is 4.18. The number of rotatable bonds is 6. The lowest BCUT2D eigenvalue weighted by atomic mass is 9.91. The maximum absolute atomic E-state index is 5.68. The molecule has 0 aliphatic rings. The highest BCUT2D eigenvalue weighted by Gasteiger charge is 2.07. The minimum absolute atomic E-state index is 0.725. The molecule has 0 spiro atoms. The van der Waals surface area contributed by atoms with Crippen molar-refractivity contribution in [1.29, 1.82) is 0 Å². The highest BCUT2D eigenvalue weighted by Crippen LogP contribution is 2.20. The molecule has 90 valence electrons. The number of benzene rings is 1. The van der Waals surface area contributed by atoms with Gasteiger partial charge in [-0.2, -0.15) is 0 Å². The van der Waals surface area contributed by atoms with Crippen LogP contribution in [0.15, 0.2) is 12.1 Å². The highest BCUT2D eigenvalue weighted by molar-refractivity contribution is 5.40. The van der Waals surface area contributed by atoms with Crippen LogP contribution in [0.25, 0.3) is 0 Å². The van der Waals surface area contributed by atoms with Crippen molar-refractivity contribution in [2.24, 2.45) is 11.5 Å². The van der Waals surface area contributed by atoms with E-state index in [2.05, 4.69) is 26.0 Å². The first-order valence-corrected chi connectivity index (χ1v) is 6.30. The van der Waals surface area contributed by atoms with Crippen molar-refractivity contribution in [3.8, 4) is 0 Å². The Labute approximate surface area is 99.0 Å². The Bertz CT molecular complexity index is 307. The van der Waals surface area contributed by atoms with Gasteiger partial charge in [0.2, 0.25) is 0 Å². The van der Waals surface area contributed by atoms with Crippen LogP contribution in [0.3, 0.4) is 0 Å². The Balaban J connectivity index is 3.14. The van der Waals surface area contributed by atoms with E-state index in [0.717, 1.165) is 38.8 Å². The van der Waals surface area contributed by atoms with Crippen LogP contribution in [0.2, 0.25) is 0 Å². The van der Waals surface area contributed by atoms with Gasteiger partial charge in [-0.05, 0) is 61.0 Å².